The van der Waals surface area contributed by atoms with Crippen LogP contribution in [0.25, 0.3) is 0 Å². The van der Waals surface area contributed by atoms with Crippen molar-refractivity contribution in [3.8, 4) is 0 Å². The molecule has 3 nitrogen and oxygen atoms in total. The van der Waals surface area contributed by atoms with Gasteiger partial charge >= 0.3 is 6.18 Å². The molecule has 0 aromatic heterocycles. The molecule has 0 heterocycles. The van der Waals surface area contributed by atoms with Crippen LogP contribution in [0.3, 0.4) is 0 Å². The molecule has 104 valence electrons. The number of nitrogens with two attached hydrogens (primary N) is 1. The summed E-state index contributed by atoms with van der Waals surface area (Å²) >= 11 is 0. The number of halogens is 4. The Morgan fingerprint density at radius 2 is 2.00 bits per heavy atom. The molecule has 1 fully saturated rings. The van der Waals surface area contributed by atoms with Crippen LogP contribution in [0.5, 0.6) is 0 Å². The number of benzene rings is 1. The number of carbonyl (C=O) groups is 1. The molecule has 1 saturated carbocycles. The minimum absolute atomic E-state index is 0.0848. The second kappa shape index (κ2) is 4.48. The molecule has 1 aromatic rings. The largest absolute Gasteiger partial charge is 0.419 e. The number of nitrogens with one attached hydrogen (secondary N) is 1. The summed E-state index contributed by atoms with van der Waals surface area (Å²) in [5, 5.41) is 2.35. The van der Waals surface area contributed by atoms with E-state index in [4.69, 9.17) is 5.73 Å². The zero-order valence-electron chi connectivity index (χ0n) is 9.85. The summed E-state index contributed by atoms with van der Waals surface area (Å²) in [5.74, 6) is -1.79. The Morgan fingerprint density at radius 1 is 1.37 bits per heavy atom. The molecule has 0 unspecified atom stereocenters. The number of alkyl halides is 3. The molecule has 1 aromatic carbocycles. The highest BCUT2D eigenvalue weighted by Gasteiger charge is 2.48. The van der Waals surface area contributed by atoms with E-state index in [0.29, 0.717) is 25.0 Å². The quantitative estimate of drug-likeness (QED) is 0.833. The average Bonchev–Trinajstić information content (AvgIpc) is 3.11. The van der Waals surface area contributed by atoms with Crippen LogP contribution < -0.4 is 11.1 Å². The maximum Gasteiger partial charge on any atom is 0.419 e. The molecule has 1 aliphatic rings. The first-order chi connectivity index (χ1) is 8.78. The second-order valence-electron chi connectivity index (χ2n) is 4.63. The van der Waals surface area contributed by atoms with E-state index in [9.17, 15) is 22.4 Å². The van der Waals surface area contributed by atoms with Crippen LogP contribution in [-0.4, -0.2) is 12.5 Å². The number of carbonyl (C=O) groups excluding carboxylic acids is 1. The highest BCUT2D eigenvalue weighted by molar-refractivity contribution is 5.97. The van der Waals surface area contributed by atoms with Gasteiger partial charge in [0, 0.05) is 12.2 Å². The Hall–Kier alpha value is -1.63. The number of hydrogen-bond donors (Lipinski definition) is 2. The van der Waals surface area contributed by atoms with E-state index in [1.54, 1.807) is 0 Å². The molecule has 0 saturated heterocycles. The first-order valence-electron chi connectivity index (χ1n) is 5.67. The Kier molecular flexibility index (Phi) is 3.25. The fraction of sp³-hybridized carbons (Fsp3) is 0.417. The van der Waals surface area contributed by atoms with Gasteiger partial charge in [0.25, 0.3) is 0 Å². The van der Waals surface area contributed by atoms with Gasteiger partial charge in [0.05, 0.1) is 11.0 Å². The molecule has 3 N–H and O–H groups in total. The van der Waals surface area contributed by atoms with Crippen molar-refractivity contribution in [1.82, 2.24) is 0 Å². The van der Waals surface area contributed by atoms with Crippen molar-refractivity contribution in [1.29, 1.82) is 0 Å². The zero-order valence-corrected chi connectivity index (χ0v) is 9.85. The van der Waals surface area contributed by atoms with Crippen molar-refractivity contribution in [3.63, 3.8) is 0 Å². The van der Waals surface area contributed by atoms with Gasteiger partial charge < -0.3 is 11.1 Å². The summed E-state index contributed by atoms with van der Waals surface area (Å²) in [6, 6.07) is 2.36. The van der Waals surface area contributed by atoms with Crippen molar-refractivity contribution in [2.75, 3.05) is 11.9 Å². The van der Waals surface area contributed by atoms with Crippen molar-refractivity contribution in [3.05, 3.63) is 29.6 Å². The highest BCUT2D eigenvalue weighted by atomic mass is 19.4. The van der Waals surface area contributed by atoms with Gasteiger partial charge in [-0.05, 0) is 31.0 Å². The zero-order chi connectivity index (χ0) is 14.3. The van der Waals surface area contributed by atoms with Gasteiger partial charge in [0.15, 0.2) is 0 Å². The monoisotopic (exact) mass is 276 g/mol. The fourth-order valence-electron chi connectivity index (χ4n) is 1.76. The summed E-state index contributed by atoms with van der Waals surface area (Å²) in [6.07, 6.45) is -3.57. The lowest BCUT2D eigenvalue weighted by molar-refractivity contribution is -0.140. The molecule has 7 heteroatoms. The van der Waals surface area contributed by atoms with Crippen LogP contribution in [0.15, 0.2) is 18.2 Å². The molecular formula is C12H12F4N2O. The van der Waals surface area contributed by atoms with Crippen LogP contribution >= 0.6 is 0 Å². The molecule has 0 bridgehead atoms. The van der Waals surface area contributed by atoms with Crippen molar-refractivity contribution >= 4 is 11.6 Å². The minimum Gasteiger partial charge on any atom is -0.329 e. The number of hydrogen-bond acceptors (Lipinski definition) is 2. The van der Waals surface area contributed by atoms with Gasteiger partial charge in [-0.2, -0.15) is 13.2 Å². The van der Waals surface area contributed by atoms with E-state index in [-0.39, 0.29) is 12.2 Å². The van der Waals surface area contributed by atoms with Crippen molar-refractivity contribution < 1.29 is 22.4 Å². The standard InChI is InChI=1S/C12H12F4N2O/c13-9-2-1-7(5-8(9)12(14,15)16)18-10(19)11(6-17)3-4-11/h1-2,5H,3-4,6,17H2,(H,18,19). The SMILES string of the molecule is NCC1(C(=O)Nc2ccc(F)c(C(F)(F)F)c2)CC1. The summed E-state index contributed by atoms with van der Waals surface area (Å²) in [5.41, 5.74) is 3.29. The third kappa shape index (κ3) is 2.70. The van der Waals surface area contributed by atoms with Crippen LogP contribution in [0.4, 0.5) is 23.2 Å². The first kappa shape index (κ1) is 13.8. The lowest BCUT2D eigenvalue weighted by Crippen LogP contribution is -2.30. The topological polar surface area (TPSA) is 55.1 Å². The molecule has 0 radical (unpaired) electrons. The fourth-order valence-corrected chi connectivity index (χ4v) is 1.76. The van der Waals surface area contributed by atoms with E-state index in [1.165, 1.54) is 0 Å². The van der Waals surface area contributed by atoms with E-state index >= 15 is 0 Å². The third-order valence-electron chi connectivity index (χ3n) is 3.26. The Labute approximate surface area is 106 Å². The van der Waals surface area contributed by atoms with E-state index in [2.05, 4.69) is 5.32 Å². The Balaban J connectivity index is 2.20. The van der Waals surface area contributed by atoms with Gasteiger partial charge in [0.2, 0.25) is 5.91 Å². The minimum atomic E-state index is -4.80. The summed E-state index contributed by atoms with van der Waals surface area (Å²) < 4.78 is 50.6. The number of rotatable bonds is 3. The molecule has 19 heavy (non-hydrogen) atoms. The van der Waals surface area contributed by atoms with Gasteiger partial charge in [-0.1, -0.05) is 0 Å². The van der Waals surface area contributed by atoms with Crippen LogP contribution in [0.1, 0.15) is 18.4 Å². The third-order valence-corrected chi connectivity index (χ3v) is 3.26. The molecule has 1 amide bonds. The molecule has 0 aliphatic heterocycles. The predicted molar refractivity (Wildman–Crippen MR) is 60.8 cm³/mol. The lowest BCUT2D eigenvalue weighted by atomic mass is 10.1. The predicted octanol–water partition coefficient (Wildman–Crippen LogP) is 2.52. The lowest BCUT2D eigenvalue weighted by Gasteiger charge is -2.14. The summed E-state index contributed by atoms with van der Waals surface area (Å²) in [7, 11) is 0. The molecule has 2 rings (SSSR count). The van der Waals surface area contributed by atoms with Crippen LogP contribution in [0, 0.1) is 11.2 Å². The first-order valence-corrected chi connectivity index (χ1v) is 5.67. The van der Waals surface area contributed by atoms with Crippen molar-refractivity contribution in [2.24, 2.45) is 11.1 Å². The maximum atomic E-state index is 13.1. The van der Waals surface area contributed by atoms with E-state index < -0.39 is 28.9 Å². The highest BCUT2D eigenvalue weighted by Crippen LogP contribution is 2.45. The molecule has 0 atom stereocenters. The molecule has 0 spiro atoms. The van der Waals surface area contributed by atoms with Gasteiger partial charge in [-0.25, -0.2) is 4.39 Å². The van der Waals surface area contributed by atoms with Gasteiger partial charge in [0.1, 0.15) is 5.82 Å². The van der Waals surface area contributed by atoms with E-state index in [0.717, 1.165) is 6.07 Å². The van der Waals surface area contributed by atoms with Gasteiger partial charge in [-0.3, -0.25) is 4.79 Å². The second-order valence-corrected chi connectivity index (χ2v) is 4.63. The molecular weight excluding hydrogens is 264 g/mol. The Bertz CT molecular complexity index is 509. The van der Waals surface area contributed by atoms with E-state index in [1.807, 2.05) is 0 Å². The number of amides is 1. The molecule has 1 aliphatic carbocycles. The summed E-state index contributed by atoms with van der Waals surface area (Å²) in [4.78, 5) is 11.8. The Morgan fingerprint density at radius 3 is 2.47 bits per heavy atom. The average molecular weight is 276 g/mol. The summed E-state index contributed by atoms with van der Waals surface area (Å²) in [6.45, 7) is 0.145. The van der Waals surface area contributed by atoms with Gasteiger partial charge in [-0.15, -0.1) is 0 Å². The normalized spacial score (nSPS) is 17.1. The van der Waals surface area contributed by atoms with Crippen LogP contribution in [0.2, 0.25) is 0 Å². The maximum absolute atomic E-state index is 13.1. The number of anilines is 1. The smallest absolute Gasteiger partial charge is 0.329 e. The van der Waals surface area contributed by atoms with Crippen molar-refractivity contribution in [2.45, 2.75) is 19.0 Å². The van der Waals surface area contributed by atoms with Crippen LogP contribution in [-0.2, 0) is 11.0 Å².